The third-order valence-corrected chi connectivity index (χ3v) is 3.37. The summed E-state index contributed by atoms with van der Waals surface area (Å²) in [6.07, 6.45) is 0.885. The van der Waals surface area contributed by atoms with Crippen LogP contribution in [-0.2, 0) is 17.8 Å². The molecule has 0 aliphatic rings. The van der Waals surface area contributed by atoms with Gasteiger partial charge < -0.3 is 9.15 Å². The SMILES string of the molecule is Cc1nnc(-c2ccc(CCOCc3ccccc3)cc2)o1. The van der Waals surface area contributed by atoms with Crippen LogP contribution in [0.4, 0.5) is 0 Å². The van der Waals surface area contributed by atoms with Gasteiger partial charge in [0.1, 0.15) is 0 Å². The summed E-state index contributed by atoms with van der Waals surface area (Å²) in [5.41, 5.74) is 3.37. The van der Waals surface area contributed by atoms with Gasteiger partial charge in [-0.05, 0) is 29.7 Å². The second kappa shape index (κ2) is 7.00. The van der Waals surface area contributed by atoms with E-state index in [9.17, 15) is 0 Å². The topological polar surface area (TPSA) is 48.2 Å². The van der Waals surface area contributed by atoms with E-state index in [-0.39, 0.29) is 0 Å². The molecule has 4 nitrogen and oxygen atoms in total. The number of aromatic nitrogens is 2. The number of hydrogen-bond acceptors (Lipinski definition) is 4. The number of benzene rings is 2. The van der Waals surface area contributed by atoms with Crippen molar-refractivity contribution in [3.05, 3.63) is 71.6 Å². The first-order valence-electron chi connectivity index (χ1n) is 7.32. The van der Waals surface area contributed by atoms with E-state index in [1.54, 1.807) is 6.92 Å². The molecule has 0 fully saturated rings. The molecule has 0 radical (unpaired) electrons. The van der Waals surface area contributed by atoms with Crippen LogP contribution in [-0.4, -0.2) is 16.8 Å². The quantitative estimate of drug-likeness (QED) is 0.649. The van der Waals surface area contributed by atoms with Crippen LogP contribution < -0.4 is 0 Å². The lowest BCUT2D eigenvalue weighted by Crippen LogP contribution is -1.99. The van der Waals surface area contributed by atoms with Crippen LogP contribution in [0.1, 0.15) is 17.0 Å². The Morgan fingerprint density at radius 2 is 1.68 bits per heavy atom. The highest BCUT2D eigenvalue weighted by Crippen LogP contribution is 2.18. The molecule has 0 N–H and O–H groups in total. The first-order chi connectivity index (χ1) is 10.8. The summed E-state index contributed by atoms with van der Waals surface area (Å²) in [4.78, 5) is 0. The van der Waals surface area contributed by atoms with E-state index in [2.05, 4.69) is 34.5 Å². The minimum absolute atomic E-state index is 0.560. The van der Waals surface area contributed by atoms with Gasteiger partial charge in [-0.1, -0.05) is 42.5 Å². The third kappa shape index (κ3) is 3.80. The van der Waals surface area contributed by atoms with Gasteiger partial charge in [0.25, 0.3) is 0 Å². The van der Waals surface area contributed by atoms with E-state index in [1.807, 2.05) is 30.3 Å². The van der Waals surface area contributed by atoms with Gasteiger partial charge in [-0.3, -0.25) is 0 Å². The summed E-state index contributed by atoms with van der Waals surface area (Å²) in [5, 5.41) is 7.85. The largest absolute Gasteiger partial charge is 0.421 e. The Kier molecular flexibility index (Phi) is 4.61. The zero-order valence-electron chi connectivity index (χ0n) is 12.5. The number of aryl methyl sites for hydroxylation is 1. The Bertz CT molecular complexity index is 705. The molecule has 1 heterocycles. The predicted molar refractivity (Wildman–Crippen MR) is 84.3 cm³/mol. The van der Waals surface area contributed by atoms with Gasteiger partial charge in [0, 0.05) is 12.5 Å². The third-order valence-electron chi connectivity index (χ3n) is 3.37. The molecule has 0 saturated heterocycles. The standard InChI is InChI=1S/C18H18N2O2/c1-14-19-20-18(22-14)17-9-7-15(8-10-17)11-12-21-13-16-5-3-2-4-6-16/h2-10H,11-13H2,1H3. The zero-order chi connectivity index (χ0) is 15.2. The molecule has 0 aliphatic heterocycles. The summed E-state index contributed by atoms with van der Waals surface area (Å²) in [6.45, 7) is 3.14. The van der Waals surface area contributed by atoms with Crippen molar-refractivity contribution >= 4 is 0 Å². The average Bonchev–Trinajstić information content (AvgIpc) is 3.00. The van der Waals surface area contributed by atoms with Crippen LogP contribution >= 0.6 is 0 Å². The minimum atomic E-state index is 0.560. The van der Waals surface area contributed by atoms with Gasteiger partial charge in [0.05, 0.1) is 13.2 Å². The summed E-state index contributed by atoms with van der Waals surface area (Å²) in [6, 6.07) is 18.3. The smallest absolute Gasteiger partial charge is 0.247 e. The molecule has 4 heteroatoms. The molecule has 112 valence electrons. The molecule has 0 bridgehead atoms. The average molecular weight is 294 g/mol. The highest BCUT2D eigenvalue weighted by Gasteiger charge is 2.05. The van der Waals surface area contributed by atoms with Gasteiger partial charge in [0.15, 0.2) is 0 Å². The van der Waals surface area contributed by atoms with E-state index in [0.717, 1.165) is 12.0 Å². The Morgan fingerprint density at radius 1 is 0.909 bits per heavy atom. The fourth-order valence-electron chi connectivity index (χ4n) is 2.18. The van der Waals surface area contributed by atoms with E-state index < -0.39 is 0 Å². The number of ether oxygens (including phenoxy) is 1. The summed E-state index contributed by atoms with van der Waals surface area (Å²) in [7, 11) is 0. The predicted octanol–water partition coefficient (Wildman–Crippen LogP) is 3.80. The number of rotatable bonds is 6. The first kappa shape index (κ1) is 14.5. The highest BCUT2D eigenvalue weighted by molar-refractivity contribution is 5.52. The Hall–Kier alpha value is -2.46. The van der Waals surface area contributed by atoms with Crippen LogP contribution in [0.5, 0.6) is 0 Å². The van der Waals surface area contributed by atoms with E-state index in [1.165, 1.54) is 11.1 Å². The Labute approximate surface area is 129 Å². The normalized spacial score (nSPS) is 10.8. The molecule has 2 aromatic carbocycles. The molecule has 3 aromatic rings. The lowest BCUT2D eigenvalue weighted by molar-refractivity contribution is 0.124. The van der Waals surface area contributed by atoms with Gasteiger partial charge in [0.2, 0.25) is 11.8 Å². The fraction of sp³-hybridized carbons (Fsp3) is 0.222. The van der Waals surface area contributed by atoms with E-state index in [0.29, 0.717) is 25.0 Å². The summed E-state index contributed by atoms with van der Waals surface area (Å²) >= 11 is 0. The maximum Gasteiger partial charge on any atom is 0.247 e. The minimum Gasteiger partial charge on any atom is -0.421 e. The molecular formula is C18H18N2O2. The van der Waals surface area contributed by atoms with Crippen molar-refractivity contribution in [1.82, 2.24) is 10.2 Å². The molecule has 0 aliphatic carbocycles. The molecular weight excluding hydrogens is 276 g/mol. The van der Waals surface area contributed by atoms with Crippen LogP contribution in [0.2, 0.25) is 0 Å². The molecule has 3 rings (SSSR count). The molecule has 0 saturated carbocycles. The van der Waals surface area contributed by atoms with E-state index in [4.69, 9.17) is 9.15 Å². The van der Waals surface area contributed by atoms with Crippen molar-refractivity contribution in [2.24, 2.45) is 0 Å². The zero-order valence-corrected chi connectivity index (χ0v) is 12.5. The number of nitrogens with zero attached hydrogens (tertiary/aromatic N) is 2. The van der Waals surface area contributed by atoms with Crippen molar-refractivity contribution in [2.75, 3.05) is 6.61 Å². The summed E-state index contributed by atoms with van der Waals surface area (Å²) in [5.74, 6) is 1.14. The maximum absolute atomic E-state index is 5.70. The molecule has 0 unspecified atom stereocenters. The van der Waals surface area contributed by atoms with Crippen molar-refractivity contribution in [2.45, 2.75) is 20.0 Å². The Morgan fingerprint density at radius 3 is 2.36 bits per heavy atom. The lowest BCUT2D eigenvalue weighted by atomic mass is 10.1. The van der Waals surface area contributed by atoms with Gasteiger partial charge in [-0.2, -0.15) is 0 Å². The van der Waals surface area contributed by atoms with Crippen molar-refractivity contribution in [3.8, 4) is 11.5 Å². The maximum atomic E-state index is 5.70. The first-order valence-corrected chi connectivity index (χ1v) is 7.32. The fourth-order valence-corrected chi connectivity index (χ4v) is 2.18. The Balaban J connectivity index is 1.49. The van der Waals surface area contributed by atoms with Crippen molar-refractivity contribution in [1.29, 1.82) is 0 Å². The van der Waals surface area contributed by atoms with Crippen LogP contribution in [0.15, 0.2) is 59.0 Å². The second-order valence-corrected chi connectivity index (χ2v) is 5.11. The summed E-state index contributed by atoms with van der Waals surface area (Å²) < 4.78 is 11.1. The monoisotopic (exact) mass is 294 g/mol. The highest BCUT2D eigenvalue weighted by atomic mass is 16.5. The van der Waals surface area contributed by atoms with Crippen molar-refractivity contribution < 1.29 is 9.15 Å². The molecule has 0 atom stereocenters. The molecule has 0 spiro atoms. The second-order valence-electron chi connectivity index (χ2n) is 5.11. The van der Waals surface area contributed by atoms with E-state index >= 15 is 0 Å². The van der Waals surface area contributed by atoms with Crippen LogP contribution in [0.25, 0.3) is 11.5 Å². The van der Waals surface area contributed by atoms with Gasteiger partial charge in [-0.25, -0.2) is 0 Å². The lowest BCUT2D eigenvalue weighted by Gasteiger charge is -2.05. The van der Waals surface area contributed by atoms with Crippen LogP contribution in [0, 0.1) is 6.92 Å². The molecule has 22 heavy (non-hydrogen) atoms. The van der Waals surface area contributed by atoms with Crippen molar-refractivity contribution in [3.63, 3.8) is 0 Å². The van der Waals surface area contributed by atoms with Crippen LogP contribution in [0.3, 0.4) is 0 Å². The van der Waals surface area contributed by atoms with Gasteiger partial charge in [-0.15, -0.1) is 10.2 Å². The number of hydrogen-bond donors (Lipinski definition) is 0. The van der Waals surface area contributed by atoms with Gasteiger partial charge >= 0.3 is 0 Å². The molecule has 1 aromatic heterocycles. The molecule has 0 amide bonds.